The van der Waals surface area contributed by atoms with E-state index in [-0.39, 0.29) is 11.9 Å². The van der Waals surface area contributed by atoms with E-state index in [0.717, 1.165) is 43.1 Å². The van der Waals surface area contributed by atoms with Crippen molar-refractivity contribution in [2.24, 2.45) is 5.92 Å². The zero-order chi connectivity index (χ0) is 18.5. The van der Waals surface area contributed by atoms with Crippen LogP contribution in [0.15, 0.2) is 66.7 Å². The molecular weight excluding hydrogens is 341 g/mol. The maximum absolute atomic E-state index is 13.0. The van der Waals surface area contributed by atoms with Gasteiger partial charge in [0.25, 0.3) is 0 Å². The van der Waals surface area contributed by atoms with E-state index in [4.69, 9.17) is 4.74 Å². The molecule has 4 nitrogen and oxygen atoms in total. The first-order chi connectivity index (χ1) is 13.3. The summed E-state index contributed by atoms with van der Waals surface area (Å²) >= 11 is 0. The van der Waals surface area contributed by atoms with E-state index < -0.39 is 0 Å². The van der Waals surface area contributed by atoms with Crippen LogP contribution in [0.4, 0.5) is 10.2 Å². The lowest BCUT2D eigenvalue weighted by atomic mass is 9.89. The van der Waals surface area contributed by atoms with Gasteiger partial charge in [0.1, 0.15) is 11.6 Å². The minimum atomic E-state index is -0.257. The van der Waals surface area contributed by atoms with Crippen molar-refractivity contribution in [2.45, 2.75) is 18.9 Å². The molecular formula is C22H22FN3O. The van der Waals surface area contributed by atoms with Crippen molar-refractivity contribution in [1.82, 2.24) is 10.2 Å². The lowest BCUT2D eigenvalue weighted by Crippen LogP contribution is -2.28. The van der Waals surface area contributed by atoms with Crippen LogP contribution in [-0.2, 0) is 4.74 Å². The molecule has 0 bridgehead atoms. The average Bonchev–Trinajstić information content (AvgIpc) is 2.74. The van der Waals surface area contributed by atoms with Crippen molar-refractivity contribution in [3.8, 4) is 11.3 Å². The number of ether oxygens (including phenoxy) is 1. The molecule has 1 aromatic heterocycles. The minimum absolute atomic E-state index is 0.110. The fraction of sp³-hybridized carbons (Fsp3) is 0.273. The molecule has 4 rings (SSSR count). The van der Waals surface area contributed by atoms with E-state index in [1.807, 2.05) is 18.2 Å². The van der Waals surface area contributed by atoms with Gasteiger partial charge in [0.05, 0.1) is 11.8 Å². The van der Waals surface area contributed by atoms with Crippen molar-refractivity contribution < 1.29 is 9.13 Å². The summed E-state index contributed by atoms with van der Waals surface area (Å²) in [6, 6.07) is 20.5. The summed E-state index contributed by atoms with van der Waals surface area (Å²) in [7, 11) is 0. The monoisotopic (exact) mass is 363 g/mol. The molecule has 3 aromatic rings. The van der Waals surface area contributed by atoms with E-state index in [1.54, 1.807) is 12.1 Å². The molecule has 1 fully saturated rings. The van der Waals surface area contributed by atoms with E-state index >= 15 is 0 Å². The van der Waals surface area contributed by atoms with Crippen LogP contribution in [-0.4, -0.2) is 23.3 Å². The molecule has 1 saturated heterocycles. The Labute approximate surface area is 158 Å². The Morgan fingerprint density at radius 3 is 2.52 bits per heavy atom. The molecule has 0 radical (unpaired) electrons. The number of hydrogen-bond acceptors (Lipinski definition) is 4. The van der Waals surface area contributed by atoms with E-state index in [2.05, 4.69) is 39.8 Å². The van der Waals surface area contributed by atoms with Gasteiger partial charge in [-0.05, 0) is 54.8 Å². The summed E-state index contributed by atoms with van der Waals surface area (Å²) in [5.74, 6) is 0.866. The quantitative estimate of drug-likeness (QED) is 0.703. The zero-order valence-electron chi connectivity index (χ0n) is 15.0. The second-order valence-corrected chi connectivity index (χ2v) is 6.80. The van der Waals surface area contributed by atoms with Crippen molar-refractivity contribution in [2.75, 3.05) is 18.5 Å². The Bertz CT molecular complexity index is 853. The second kappa shape index (κ2) is 8.27. The Morgan fingerprint density at radius 2 is 1.78 bits per heavy atom. The molecule has 1 aliphatic rings. The first-order valence-corrected chi connectivity index (χ1v) is 9.30. The molecule has 0 amide bonds. The highest BCUT2D eigenvalue weighted by molar-refractivity contribution is 5.59. The van der Waals surface area contributed by atoms with Crippen molar-refractivity contribution in [1.29, 1.82) is 0 Å². The smallest absolute Gasteiger partial charge is 0.148 e. The molecule has 0 saturated carbocycles. The Kier molecular flexibility index (Phi) is 5.39. The summed E-state index contributed by atoms with van der Waals surface area (Å²) in [6.45, 7) is 1.59. The molecule has 2 heterocycles. The normalized spacial score (nSPS) is 19.6. The van der Waals surface area contributed by atoms with Crippen LogP contribution in [0.5, 0.6) is 0 Å². The van der Waals surface area contributed by atoms with Crippen LogP contribution < -0.4 is 5.32 Å². The fourth-order valence-corrected chi connectivity index (χ4v) is 3.50. The van der Waals surface area contributed by atoms with Crippen LogP contribution in [0.3, 0.4) is 0 Å². The largest absolute Gasteiger partial charge is 0.373 e. The fourth-order valence-electron chi connectivity index (χ4n) is 3.50. The third-order valence-corrected chi connectivity index (χ3v) is 4.92. The Morgan fingerprint density at radius 1 is 0.963 bits per heavy atom. The number of nitrogens with one attached hydrogen (secondary N) is 1. The number of rotatable bonds is 5. The molecule has 27 heavy (non-hydrogen) atoms. The van der Waals surface area contributed by atoms with Gasteiger partial charge in [-0.1, -0.05) is 30.3 Å². The van der Waals surface area contributed by atoms with Gasteiger partial charge in [-0.3, -0.25) is 0 Å². The average molecular weight is 363 g/mol. The summed E-state index contributed by atoms with van der Waals surface area (Å²) in [4.78, 5) is 0. The topological polar surface area (TPSA) is 47.0 Å². The number of anilines is 1. The van der Waals surface area contributed by atoms with Gasteiger partial charge >= 0.3 is 0 Å². The SMILES string of the molecule is Fc1ccc(-c2ccc(NCC3CCCOC3c3ccccc3)nn2)cc1. The predicted molar refractivity (Wildman–Crippen MR) is 104 cm³/mol. The number of nitrogens with zero attached hydrogens (tertiary/aromatic N) is 2. The zero-order valence-corrected chi connectivity index (χ0v) is 15.0. The first kappa shape index (κ1) is 17.6. The summed E-state index contributed by atoms with van der Waals surface area (Å²) in [6.07, 6.45) is 2.30. The molecule has 2 aromatic carbocycles. The van der Waals surface area contributed by atoms with E-state index in [9.17, 15) is 4.39 Å². The second-order valence-electron chi connectivity index (χ2n) is 6.80. The Hall–Kier alpha value is -2.79. The van der Waals surface area contributed by atoms with E-state index in [0.29, 0.717) is 5.92 Å². The number of benzene rings is 2. The highest BCUT2D eigenvalue weighted by Crippen LogP contribution is 2.33. The highest BCUT2D eigenvalue weighted by atomic mass is 19.1. The third kappa shape index (κ3) is 4.31. The number of halogens is 1. The lowest BCUT2D eigenvalue weighted by Gasteiger charge is -2.32. The molecule has 1 N–H and O–H groups in total. The van der Waals surface area contributed by atoms with Crippen LogP contribution in [0.1, 0.15) is 24.5 Å². The summed E-state index contributed by atoms with van der Waals surface area (Å²) < 4.78 is 19.1. The van der Waals surface area contributed by atoms with Gasteiger partial charge < -0.3 is 10.1 Å². The molecule has 0 aliphatic carbocycles. The van der Waals surface area contributed by atoms with Gasteiger partial charge in [-0.2, -0.15) is 0 Å². The Balaban J connectivity index is 1.41. The number of hydrogen-bond donors (Lipinski definition) is 1. The van der Waals surface area contributed by atoms with Crippen LogP contribution >= 0.6 is 0 Å². The summed E-state index contributed by atoms with van der Waals surface area (Å²) in [5.41, 5.74) is 2.80. The molecule has 0 spiro atoms. The lowest BCUT2D eigenvalue weighted by molar-refractivity contribution is -0.0238. The molecule has 5 heteroatoms. The van der Waals surface area contributed by atoms with Gasteiger partial charge in [0, 0.05) is 24.6 Å². The third-order valence-electron chi connectivity index (χ3n) is 4.92. The van der Waals surface area contributed by atoms with Crippen molar-refractivity contribution in [3.63, 3.8) is 0 Å². The van der Waals surface area contributed by atoms with Crippen molar-refractivity contribution in [3.05, 3.63) is 78.1 Å². The predicted octanol–water partition coefficient (Wildman–Crippen LogP) is 4.86. The van der Waals surface area contributed by atoms with Crippen LogP contribution in [0.25, 0.3) is 11.3 Å². The summed E-state index contributed by atoms with van der Waals surface area (Å²) in [5, 5.41) is 11.9. The van der Waals surface area contributed by atoms with Gasteiger partial charge in [0.15, 0.2) is 0 Å². The molecule has 138 valence electrons. The van der Waals surface area contributed by atoms with Crippen molar-refractivity contribution >= 4 is 5.82 Å². The van der Waals surface area contributed by atoms with Gasteiger partial charge in [0.2, 0.25) is 0 Å². The first-order valence-electron chi connectivity index (χ1n) is 9.30. The maximum atomic E-state index is 13.0. The number of aromatic nitrogens is 2. The maximum Gasteiger partial charge on any atom is 0.148 e. The molecule has 2 atom stereocenters. The van der Waals surface area contributed by atoms with Gasteiger partial charge in [-0.25, -0.2) is 4.39 Å². The van der Waals surface area contributed by atoms with Gasteiger partial charge in [-0.15, -0.1) is 10.2 Å². The van der Waals surface area contributed by atoms with Crippen LogP contribution in [0.2, 0.25) is 0 Å². The minimum Gasteiger partial charge on any atom is -0.373 e. The molecule has 2 unspecified atom stereocenters. The highest BCUT2D eigenvalue weighted by Gasteiger charge is 2.27. The van der Waals surface area contributed by atoms with Crippen LogP contribution in [0, 0.1) is 11.7 Å². The molecule has 1 aliphatic heterocycles. The standard InChI is InChI=1S/C22H22FN3O/c23-19-10-8-16(9-11-19)20-12-13-21(26-25-20)24-15-18-7-4-14-27-22(18)17-5-2-1-3-6-17/h1-3,5-6,8-13,18,22H,4,7,14-15H2,(H,24,26). The van der Waals surface area contributed by atoms with E-state index in [1.165, 1.54) is 17.7 Å².